The van der Waals surface area contributed by atoms with Gasteiger partial charge in [-0.1, -0.05) is 6.42 Å². The molecule has 0 saturated carbocycles. The first kappa shape index (κ1) is 12.1. The molecule has 1 aliphatic heterocycles. The Morgan fingerprint density at radius 2 is 1.82 bits per heavy atom. The second-order valence-electron chi connectivity index (χ2n) is 2.73. The fraction of sp³-hybridized carbons (Fsp3) is 0.857. The maximum absolute atomic E-state index is 10.2. The van der Waals surface area contributed by atoms with Gasteiger partial charge in [0, 0.05) is 0 Å². The Morgan fingerprint density at radius 3 is 2.27 bits per heavy atom. The number of aliphatic carboxylic acids is 1. The normalized spacial score (nSPS) is 18.9. The first-order valence-corrected chi connectivity index (χ1v) is 3.73. The van der Waals surface area contributed by atoms with Gasteiger partial charge in [-0.2, -0.15) is 0 Å². The van der Waals surface area contributed by atoms with Crippen molar-refractivity contribution in [3.63, 3.8) is 0 Å². The fourth-order valence-corrected chi connectivity index (χ4v) is 1.31. The summed E-state index contributed by atoms with van der Waals surface area (Å²) in [6.45, 7) is 2.15. The van der Waals surface area contributed by atoms with Crippen molar-refractivity contribution in [2.75, 3.05) is 19.6 Å². The SMILES string of the molecule is O=C(O)CN1CCCCC1.[KH]. The number of nitrogens with zero attached hydrogens (tertiary/aromatic N) is 1. The van der Waals surface area contributed by atoms with Crippen LogP contribution >= 0.6 is 0 Å². The van der Waals surface area contributed by atoms with Gasteiger partial charge >= 0.3 is 57.4 Å². The molecule has 0 atom stereocenters. The summed E-state index contributed by atoms with van der Waals surface area (Å²) in [6.07, 6.45) is 3.58. The zero-order chi connectivity index (χ0) is 7.40. The Bertz CT molecular complexity index is 124. The molecule has 11 heavy (non-hydrogen) atoms. The van der Waals surface area contributed by atoms with Crippen LogP contribution in [0.5, 0.6) is 0 Å². The first-order valence-electron chi connectivity index (χ1n) is 3.73. The zero-order valence-corrected chi connectivity index (χ0v) is 6.05. The standard InChI is InChI=1S/C7H13NO2.K.H/c9-7(10)6-8-4-2-1-3-5-8;;/h1-6H2,(H,9,10);;. The van der Waals surface area contributed by atoms with Crippen LogP contribution in [-0.2, 0) is 4.79 Å². The van der Waals surface area contributed by atoms with Crippen LogP contribution in [0.25, 0.3) is 0 Å². The minimum absolute atomic E-state index is 0. The number of carboxylic acids is 1. The van der Waals surface area contributed by atoms with Crippen molar-refractivity contribution in [3.8, 4) is 0 Å². The molecular formula is C7H14KNO2. The van der Waals surface area contributed by atoms with Gasteiger partial charge in [0.25, 0.3) is 0 Å². The zero-order valence-electron chi connectivity index (χ0n) is 6.05. The van der Waals surface area contributed by atoms with Gasteiger partial charge in [-0.25, -0.2) is 0 Å². The Kier molecular flexibility index (Phi) is 7.20. The first-order chi connectivity index (χ1) is 4.79. The van der Waals surface area contributed by atoms with Gasteiger partial charge in [0.15, 0.2) is 0 Å². The molecule has 3 nitrogen and oxygen atoms in total. The van der Waals surface area contributed by atoms with Gasteiger partial charge in [0.2, 0.25) is 0 Å². The van der Waals surface area contributed by atoms with Gasteiger partial charge in [-0.05, 0) is 25.9 Å². The molecule has 0 amide bonds. The molecule has 0 bridgehead atoms. The van der Waals surface area contributed by atoms with Crippen LogP contribution in [0.4, 0.5) is 0 Å². The number of hydrogen-bond donors (Lipinski definition) is 1. The molecule has 0 radical (unpaired) electrons. The molecule has 0 unspecified atom stereocenters. The number of hydrogen-bond acceptors (Lipinski definition) is 2. The summed E-state index contributed by atoms with van der Waals surface area (Å²) >= 11 is 0. The van der Waals surface area contributed by atoms with E-state index in [0.29, 0.717) is 0 Å². The molecule has 60 valence electrons. The Hall–Kier alpha value is 1.07. The molecule has 1 saturated heterocycles. The second kappa shape index (κ2) is 6.57. The van der Waals surface area contributed by atoms with Crippen molar-refractivity contribution in [1.82, 2.24) is 4.90 Å². The molecule has 1 fully saturated rings. The number of piperidine rings is 1. The fourth-order valence-electron chi connectivity index (χ4n) is 1.31. The molecule has 0 aromatic carbocycles. The van der Waals surface area contributed by atoms with Crippen LogP contribution in [0.3, 0.4) is 0 Å². The Labute approximate surface area is 110 Å². The third kappa shape index (κ3) is 5.33. The van der Waals surface area contributed by atoms with Gasteiger partial charge in [0.05, 0.1) is 6.54 Å². The van der Waals surface area contributed by atoms with Gasteiger partial charge in [-0.3, -0.25) is 9.69 Å². The van der Waals surface area contributed by atoms with Crippen molar-refractivity contribution < 1.29 is 9.90 Å². The Balaban J connectivity index is 0.000001000. The summed E-state index contributed by atoms with van der Waals surface area (Å²) < 4.78 is 0. The van der Waals surface area contributed by atoms with Crippen molar-refractivity contribution in [3.05, 3.63) is 0 Å². The summed E-state index contributed by atoms with van der Waals surface area (Å²) in [5.41, 5.74) is 0. The van der Waals surface area contributed by atoms with E-state index in [1.807, 2.05) is 4.90 Å². The summed E-state index contributed by atoms with van der Waals surface area (Å²) in [6, 6.07) is 0. The van der Waals surface area contributed by atoms with Crippen molar-refractivity contribution in [2.24, 2.45) is 0 Å². The molecule has 1 aliphatic rings. The molecule has 0 aromatic rings. The van der Waals surface area contributed by atoms with E-state index >= 15 is 0 Å². The third-order valence-corrected chi connectivity index (χ3v) is 1.81. The number of rotatable bonds is 2. The van der Waals surface area contributed by atoms with Crippen molar-refractivity contribution >= 4 is 57.4 Å². The van der Waals surface area contributed by atoms with Crippen LogP contribution in [-0.4, -0.2) is 87.0 Å². The van der Waals surface area contributed by atoms with Crippen LogP contribution in [0.2, 0.25) is 0 Å². The van der Waals surface area contributed by atoms with E-state index in [2.05, 4.69) is 0 Å². The molecule has 0 spiro atoms. The van der Waals surface area contributed by atoms with Crippen LogP contribution in [0.15, 0.2) is 0 Å². The summed E-state index contributed by atoms with van der Waals surface area (Å²) in [7, 11) is 0. The topological polar surface area (TPSA) is 40.5 Å². The van der Waals surface area contributed by atoms with Crippen LogP contribution in [0, 0.1) is 0 Å². The van der Waals surface area contributed by atoms with E-state index in [1.54, 1.807) is 0 Å². The average molecular weight is 183 g/mol. The summed E-state index contributed by atoms with van der Waals surface area (Å²) in [5, 5.41) is 8.42. The van der Waals surface area contributed by atoms with Gasteiger partial charge in [0.1, 0.15) is 0 Å². The van der Waals surface area contributed by atoms with E-state index in [1.165, 1.54) is 6.42 Å². The Morgan fingerprint density at radius 1 is 1.27 bits per heavy atom. The molecule has 1 N–H and O–H groups in total. The van der Waals surface area contributed by atoms with E-state index in [9.17, 15) is 4.79 Å². The van der Waals surface area contributed by atoms with Crippen molar-refractivity contribution in [1.29, 1.82) is 0 Å². The maximum atomic E-state index is 10.2. The number of likely N-dealkylation sites (tertiary alicyclic amines) is 1. The summed E-state index contributed by atoms with van der Waals surface area (Å²) in [5.74, 6) is -0.707. The van der Waals surface area contributed by atoms with Crippen molar-refractivity contribution in [2.45, 2.75) is 19.3 Å². The van der Waals surface area contributed by atoms with Crippen LogP contribution < -0.4 is 0 Å². The summed E-state index contributed by atoms with van der Waals surface area (Å²) in [4.78, 5) is 12.2. The molecule has 0 aromatic heterocycles. The van der Waals surface area contributed by atoms with Gasteiger partial charge in [-0.15, -0.1) is 0 Å². The quantitative estimate of drug-likeness (QED) is 0.608. The number of carboxylic acid groups (broad SMARTS) is 1. The molecule has 4 heteroatoms. The van der Waals surface area contributed by atoms with E-state index < -0.39 is 5.97 Å². The van der Waals surface area contributed by atoms with Gasteiger partial charge < -0.3 is 5.11 Å². The molecular weight excluding hydrogens is 169 g/mol. The predicted molar refractivity (Wildman–Crippen MR) is 45.1 cm³/mol. The van der Waals surface area contributed by atoms with E-state index in [0.717, 1.165) is 25.9 Å². The second-order valence-corrected chi connectivity index (χ2v) is 2.73. The predicted octanol–water partition coefficient (Wildman–Crippen LogP) is -0.0916. The molecule has 1 heterocycles. The molecule has 0 aliphatic carbocycles. The van der Waals surface area contributed by atoms with E-state index in [-0.39, 0.29) is 57.9 Å². The molecule has 1 rings (SSSR count). The minimum atomic E-state index is -0.707. The average Bonchev–Trinajstić information content (AvgIpc) is 1.88. The van der Waals surface area contributed by atoms with E-state index in [4.69, 9.17) is 5.11 Å². The third-order valence-electron chi connectivity index (χ3n) is 1.81. The van der Waals surface area contributed by atoms with Crippen LogP contribution in [0.1, 0.15) is 19.3 Å². The number of carbonyl (C=O) groups is 1. The monoisotopic (exact) mass is 183 g/mol.